The van der Waals surface area contributed by atoms with E-state index in [2.05, 4.69) is 58.6 Å². The largest absolute Gasteiger partial charge is 0.382 e. The van der Waals surface area contributed by atoms with Crippen LogP contribution >= 0.6 is 0 Å². The molecule has 1 aliphatic rings. The lowest BCUT2D eigenvalue weighted by Gasteiger charge is -2.33. The smallest absolute Gasteiger partial charge is 0.0354 e. The van der Waals surface area contributed by atoms with Crippen molar-refractivity contribution in [1.82, 2.24) is 4.90 Å². The molecule has 1 heterocycles. The third kappa shape index (κ3) is 3.90. The van der Waals surface area contributed by atoms with Gasteiger partial charge in [0.05, 0.1) is 0 Å². The second kappa shape index (κ2) is 7.15. The molecule has 0 unspecified atom stereocenters. The van der Waals surface area contributed by atoms with Gasteiger partial charge in [-0.1, -0.05) is 42.3 Å². The topological polar surface area (TPSA) is 15.3 Å². The van der Waals surface area contributed by atoms with Gasteiger partial charge in [-0.05, 0) is 36.6 Å². The molecule has 3 rings (SSSR count). The fourth-order valence-corrected chi connectivity index (χ4v) is 3.01. The molecule has 2 nitrogen and oxygen atoms in total. The Bertz CT molecular complexity index is 634. The SMILES string of the molecule is C#Cc1cccc(NC2CCN(Cc3ccccc3)CC2)c1. The number of benzene rings is 2. The fourth-order valence-electron chi connectivity index (χ4n) is 3.01. The summed E-state index contributed by atoms with van der Waals surface area (Å²) in [6.07, 6.45) is 7.81. The molecule has 0 atom stereocenters. The predicted molar refractivity (Wildman–Crippen MR) is 92.7 cm³/mol. The lowest BCUT2D eigenvalue weighted by molar-refractivity contribution is 0.211. The first-order valence-electron chi connectivity index (χ1n) is 7.93. The van der Waals surface area contributed by atoms with E-state index >= 15 is 0 Å². The molecule has 0 aromatic heterocycles. The zero-order valence-corrected chi connectivity index (χ0v) is 12.8. The van der Waals surface area contributed by atoms with Crippen molar-refractivity contribution in [2.45, 2.75) is 25.4 Å². The summed E-state index contributed by atoms with van der Waals surface area (Å²) in [5.74, 6) is 2.69. The van der Waals surface area contributed by atoms with E-state index in [1.54, 1.807) is 0 Å². The fraction of sp³-hybridized carbons (Fsp3) is 0.300. The second-order valence-electron chi connectivity index (χ2n) is 5.91. The molecule has 0 radical (unpaired) electrons. The minimum atomic E-state index is 0.542. The van der Waals surface area contributed by atoms with Gasteiger partial charge >= 0.3 is 0 Å². The van der Waals surface area contributed by atoms with Crippen LogP contribution in [0, 0.1) is 12.3 Å². The normalized spacial score (nSPS) is 16.1. The number of anilines is 1. The molecule has 2 aromatic rings. The Morgan fingerprint density at radius 2 is 1.82 bits per heavy atom. The van der Waals surface area contributed by atoms with Gasteiger partial charge in [0.2, 0.25) is 0 Å². The van der Waals surface area contributed by atoms with Crippen molar-refractivity contribution < 1.29 is 0 Å². The summed E-state index contributed by atoms with van der Waals surface area (Å²) in [5, 5.41) is 3.62. The van der Waals surface area contributed by atoms with Gasteiger partial charge in [0, 0.05) is 36.9 Å². The van der Waals surface area contributed by atoms with Gasteiger partial charge in [-0.3, -0.25) is 4.90 Å². The van der Waals surface area contributed by atoms with Crippen molar-refractivity contribution in [2.24, 2.45) is 0 Å². The molecule has 1 aliphatic heterocycles. The number of hydrogen-bond acceptors (Lipinski definition) is 2. The van der Waals surface area contributed by atoms with Crippen LogP contribution in [0.4, 0.5) is 5.69 Å². The van der Waals surface area contributed by atoms with Crippen LogP contribution in [-0.2, 0) is 6.54 Å². The second-order valence-corrected chi connectivity index (χ2v) is 5.91. The molecule has 2 aromatic carbocycles. The third-order valence-electron chi connectivity index (χ3n) is 4.24. The van der Waals surface area contributed by atoms with Crippen LogP contribution in [0.2, 0.25) is 0 Å². The Labute approximate surface area is 133 Å². The summed E-state index contributed by atoms with van der Waals surface area (Å²) in [6, 6.07) is 19.4. The highest BCUT2D eigenvalue weighted by Gasteiger charge is 2.18. The number of likely N-dealkylation sites (tertiary alicyclic amines) is 1. The summed E-state index contributed by atoms with van der Waals surface area (Å²) in [5.41, 5.74) is 3.47. The zero-order chi connectivity index (χ0) is 15.2. The van der Waals surface area contributed by atoms with Crippen molar-refractivity contribution in [2.75, 3.05) is 18.4 Å². The van der Waals surface area contributed by atoms with Crippen molar-refractivity contribution in [1.29, 1.82) is 0 Å². The number of hydrogen-bond donors (Lipinski definition) is 1. The van der Waals surface area contributed by atoms with Crippen molar-refractivity contribution in [3.8, 4) is 12.3 Å². The Balaban J connectivity index is 1.50. The first-order valence-corrected chi connectivity index (χ1v) is 7.93. The van der Waals surface area contributed by atoms with Crippen LogP contribution in [-0.4, -0.2) is 24.0 Å². The summed E-state index contributed by atoms with van der Waals surface area (Å²) < 4.78 is 0. The summed E-state index contributed by atoms with van der Waals surface area (Å²) in [6.45, 7) is 3.34. The van der Waals surface area contributed by atoms with Crippen LogP contribution in [0.15, 0.2) is 54.6 Å². The monoisotopic (exact) mass is 290 g/mol. The van der Waals surface area contributed by atoms with Gasteiger partial charge in [0.1, 0.15) is 0 Å². The van der Waals surface area contributed by atoms with Gasteiger partial charge in [-0.2, -0.15) is 0 Å². The predicted octanol–water partition coefficient (Wildman–Crippen LogP) is 3.74. The molecule has 0 saturated carbocycles. The molecule has 22 heavy (non-hydrogen) atoms. The maximum absolute atomic E-state index is 5.46. The van der Waals surface area contributed by atoms with E-state index in [0.717, 1.165) is 30.9 Å². The zero-order valence-electron chi connectivity index (χ0n) is 12.8. The van der Waals surface area contributed by atoms with Gasteiger partial charge in [-0.15, -0.1) is 6.42 Å². The molecule has 1 saturated heterocycles. The number of terminal acetylenes is 1. The van der Waals surface area contributed by atoms with Crippen molar-refractivity contribution >= 4 is 5.69 Å². The van der Waals surface area contributed by atoms with Gasteiger partial charge in [0.15, 0.2) is 0 Å². The molecule has 0 aliphatic carbocycles. The van der Waals surface area contributed by atoms with Crippen LogP contribution in [0.3, 0.4) is 0 Å². The molecule has 1 N–H and O–H groups in total. The molecule has 2 heteroatoms. The molecule has 0 bridgehead atoms. The van der Waals surface area contributed by atoms with Crippen molar-refractivity contribution in [3.05, 3.63) is 65.7 Å². The molecule has 0 amide bonds. The maximum Gasteiger partial charge on any atom is 0.0354 e. The number of piperidine rings is 1. The van der Waals surface area contributed by atoms with Crippen molar-refractivity contribution in [3.63, 3.8) is 0 Å². The minimum absolute atomic E-state index is 0.542. The first kappa shape index (κ1) is 14.7. The lowest BCUT2D eigenvalue weighted by atomic mass is 10.0. The number of nitrogens with zero attached hydrogens (tertiary/aromatic N) is 1. The standard InChI is InChI=1S/C20H22N2/c1-2-17-9-6-10-20(15-17)21-19-11-13-22(14-12-19)16-18-7-4-3-5-8-18/h1,3-10,15,19,21H,11-14,16H2. The number of rotatable bonds is 4. The van der Waals surface area contributed by atoms with Crippen LogP contribution in [0.5, 0.6) is 0 Å². The highest BCUT2D eigenvalue weighted by molar-refractivity contribution is 5.50. The highest BCUT2D eigenvalue weighted by atomic mass is 15.1. The van der Waals surface area contributed by atoms with E-state index in [1.165, 1.54) is 18.4 Å². The molecule has 0 spiro atoms. The van der Waals surface area contributed by atoms with E-state index in [1.807, 2.05) is 12.1 Å². The average Bonchev–Trinajstić information content (AvgIpc) is 2.58. The Hall–Kier alpha value is -2.24. The average molecular weight is 290 g/mol. The van der Waals surface area contributed by atoms with E-state index in [4.69, 9.17) is 6.42 Å². The van der Waals surface area contributed by atoms with Gasteiger partial charge in [0.25, 0.3) is 0 Å². The first-order chi connectivity index (χ1) is 10.8. The summed E-state index contributed by atoms with van der Waals surface area (Å²) in [7, 11) is 0. The summed E-state index contributed by atoms with van der Waals surface area (Å²) >= 11 is 0. The third-order valence-corrected chi connectivity index (χ3v) is 4.24. The van der Waals surface area contributed by atoms with Crippen LogP contribution < -0.4 is 5.32 Å². The molecule has 1 fully saturated rings. The van der Waals surface area contributed by atoms with Gasteiger partial charge in [-0.25, -0.2) is 0 Å². The maximum atomic E-state index is 5.46. The Morgan fingerprint density at radius 3 is 2.55 bits per heavy atom. The van der Waals surface area contributed by atoms with Gasteiger partial charge < -0.3 is 5.32 Å². The Kier molecular flexibility index (Phi) is 4.78. The minimum Gasteiger partial charge on any atom is -0.382 e. The molecule has 112 valence electrons. The highest BCUT2D eigenvalue weighted by Crippen LogP contribution is 2.19. The quantitative estimate of drug-likeness (QED) is 0.863. The number of nitrogens with one attached hydrogen (secondary N) is 1. The lowest BCUT2D eigenvalue weighted by Crippen LogP contribution is -2.38. The van der Waals surface area contributed by atoms with E-state index < -0.39 is 0 Å². The van der Waals surface area contributed by atoms with E-state index in [-0.39, 0.29) is 0 Å². The Morgan fingerprint density at radius 1 is 1.05 bits per heavy atom. The summed E-state index contributed by atoms with van der Waals surface area (Å²) in [4.78, 5) is 2.53. The molecular weight excluding hydrogens is 268 g/mol. The van der Waals surface area contributed by atoms with Crippen LogP contribution in [0.25, 0.3) is 0 Å². The van der Waals surface area contributed by atoms with Crippen LogP contribution in [0.1, 0.15) is 24.0 Å². The molecular formula is C20H22N2. The van der Waals surface area contributed by atoms with E-state index in [0.29, 0.717) is 6.04 Å². The van der Waals surface area contributed by atoms with E-state index in [9.17, 15) is 0 Å².